The largest absolute Gasteiger partial charge is 0.426 e. The van der Waals surface area contributed by atoms with Gasteiger partial charge in [-0.05, 0) is 19.1 Å². The van der Waals surface area contributed by atoms with Crippen LogP contribution in [0.3, 0.4) is 0 Å². The van der Waals surface area contributed by atoms with E-state index in [1.54, 1.807) is 12.2 Å². The molecule has 124 valence electrons. The fourth-order valence-corrected chi connectivity index (χ4v) is 2.43. The van der Waals surface area contributed by atoms with Crippen LogP contribution in [0.2, 0.25) is 5.02 Å². The molecule has 1 aromatic rings. The Morgan fingerprint density at radius 3 is 2.41 bits per heavy atom. The molecule has 0 aliphatic carbocycles. The van der Waals surface area contributed by atoms with Crippen molar-refractivity contribution in [2.75, 3.05) is 11.1 Å². The lowest BCUT2D eigenvalue weighted by Crippen LogP contribution is -2.52. The van der Waals surface area contributed by atoms with Crippen molar-refractivity contribution in [1.29, 1.82) is 0 Å². The van der Waals surface area contributed by atoms with Gasteiger partial charge in [-0.2, -0.15) is 13.2 Å². The van der Waals surface area contributed by atoms with Crippen LogP contribution >= 0.6 is 11.6 Å². The number of aliphatic hydroxyl groups is 1. The predicted molar refractivity (Wildman–Crippen MR) is 73.7 cm³/mol. The van der Waals surface area contributed by atoms with Crippen LogP contribution in [0.4, 0.5) is 23.2 Å². The van der Waals surface area contributed by atoms with Crippen molar-refractivity contribution in [2.24, 2.45) is 0 Å². The number of alkyl halides is 3. The lowest BCUT2D eigenvalue weighted by Gasteiger charge is -2.25. The van der Waals surface area contributed by atoms with E-state index in [4.69, 9.17) is 11.6 Å². The van der Waals surface area contributed by atoms with E-state index in [0.29, 0.717) is 0 Å². The molecule has 0 aliphatic heterocycles. The summed E-state index contributed by atoms with van der Waals surface area (Å²) in [5.41, 5.74) is -4.14. The van der Waals surface area contributed by atoms with Gasteiger partial charge in [-0.15, -0.1) is 0 Å². The maximum atomic E-state index is 13.9. The second-order valence-corrected chi connectivity index (χ2v) is 6.48. The Morgan fingerprint density at radius 1 is 1.41 bits per heavy atom. The van der Waals surface area contributed by atoms with E-state index in [1.165, 1.54) is 0 Å². The van der Waals surface area contributed by atoms with E-state index in [9.17, 15) is 31.7 Å². The minimum absolute atomic E-state index is 0.113. The first-order valence-corrected chi connectivity index (χ1v) is 7.60. The van der Waals surface area contributed by atoms with Crippen molar-refractivity contribution in [3.63, 3.8) is 0 Å². The third kappa shape index (κ3) is 3.58. The van der Waals surface area contributed by atoms with Crippen molar-refractivity contribution in [2.45, 2.75) is 30.5 Å². The normalized spacial score (nSPS) is 16.0. The molecule has 4 nitrogen and oxygen atoms in total. The topological polar surface area (TPSA) is 66.4 Å². The van der Waals surface area contributed by atoms with Gasteiger partial charge in [0, 0.05) is 5.75 Å². The number of halogens is 5. The molecule has 10 heteroatoms. The Balaban J connectivity index is 3.14. The highest BCUT2D eigenvalue weighted by Gasteiger charge is 2.55. The van der Waals surface area contributed by atoms with Gasteiger partial charge in [0.25, 0.3) is 5.91 Å². The summed E-state index contributed by atoms with van der Waals surface area (Å²) in [4.78, 5) is 11.3. The Bertz CT molecular complexity index is 619. The van der Waals surface area contributed by atoms with Gasteiger partial charge in [-0.3, -0.25) is 9.00 Å². The summed E-state index contributed by atoms with van der Waals surface area (Å²) in [5, 5.41) is 10.2. The highest BCUT2D eigenvalue weighted by atomic mass is 35.5. The van der Waals surface area contributed by atoms with Crippen molar-refractivity contribution < 1.29 is 31.7 Å². The number of nitrogens with one attached hydrogen (secondary N) is 1. The van der Waals surface area contributed by atoms with E-state index in [2.05, 4.69) is 0 Å². The molecular weight excluding hydrogens is 350 g/mol. The molecule has 0 aromatic heterocycles. The number of carbonyl (C=O) groups excluding carboxylic acids is 1. The van der Waals surface area contributed by atoms with Crippen LogP contribution in [0, 0.1) is 5.82 Å². The van der Waals surface area contributed by atoms with Gasteiger partial charge < -0.3 is 10.4 Å². The van der Waals surface area contributed by atoms with Crippen LogP contribution in [0.5, 0.6) is 0 Å². The Hall–Kier alpha value is -1.19. The molecule has 1 unspecified atom stereocenters. The summed E-state index contributed by atoms with van der Waals surface area (Å²) >= 11 is 5.62. The summed E-state index contributed by atoms with van der Waals surface area (Å²) < 4.78 is 63.0. The summed E-state index contributed by atoms with van der Waals surface area (Å²) in [6.07, 6.45) is -5.22. The highest BCUT2D eigenvalue weighted by Crippen LogP contribution is 2.33. The molecule has 1 amide bonds. The third-order valence-electron chi connectivity index (χ3n) is 2.80. The first kappa shape index (κ1) is 18.9. The molecule has 1 aromatic carbocycles. The van der Waals surface area contributed by atoms with Gasteiger partial charge in [0.05, 0.1) is 21.4 Å². The number of rotatable bonds is 4. The molecule has 0 saturated heterocycles. The highest BCUT2D eigenvalue weighted by molar-refractivity contribution is 7.85. The minimum atomic E-state index is -5.22. The third-order valence-corrected chi connectivity index (χ3v) is 4.50. The Labute approximate surface area is 130 Å². The van der Waals surface area contributed by atoms with Gasteiger partial charge in [0.1, 0.15) is 5.02 Å². The molecule has 0 spiro atoms. The molecular formula is C12H12ClF4NO3S. The van der Waals surface area contributed by atoms with Crippen molar-refractivity contribution in [3.05, 3.63) is 23.0 Å². The zero-order valence-corrected chi connectivity index (χ0v) is 13.0. The van der Waals surface area contributed by atoms with Crippen LogP contribution in [-0.4, -0.2) is 32.8 Å². The van der Waals surface area contributed by atoms with Crippen molar-refractivity contribution in [1.82, 2.24) is 0 Å². The first-order valence-electron chi connectivity index (χ1n) is 5.90. The molecule has 0 bridgehead atoms. The number of hydrogen-bond acceptors (Lipinski definition) is 3. The molecule has 0 saturated carbocycles. The van der Waals surface area contributed by atoms with Gasteiger partial charge in [-0.1, -0.05) is 18.5 Å². The fraction of sp³-hybridized carbons (Fsp3) is 0.417. The van der Waals surface area contributed by atoms with Gasteiger partial charge in [0.15, 0.2) is 5.82 Å². The first-order chi connectivity index (χ1) is 9.93. The molecule has 0 aliphatic rings. The SMILES string of the molecule is CC[S@@](=O)c1ccc(NC(=O)C(C)(O)C(F)(F)F)c(Cl)c1F. The quantitative estimate of drug-likeness (QED) is 0.810. The second-order valence-electron chi connectivity index (χ2n) is 4.40. The smallest absolute Gasteiger partial charge is 0.373 e. The summed E-state index contributed by atoms with van der Waals surface area (Å²) in [7, 11) is -1.67. The van der Waals surface area contributed by atoms with Crippen LogP contribution < -0.4 is 5.32 Å². The lowest BCUT2D eigenvalue weighted by molar-refractivity contribution is -0.242. The van der Waals surface area contributed by atoms with Crippen molar-refractivity contribution in [3.8, 4) is 0 Å². The maximum absolute atomic E-state index is 13.9. The summed E-state index contributed by atoms with van der Waals surface area (Å²) in [6, 6.07) is 2.05. The summed E-state index contributed by atoms with van der Waals surface area (Å²) in [5.74, 6) is -2.81. The standard InChI is InChI=1S/C12H12ClF4NO3S/c1-3-22(21)7-5-4-6(8(13)9(7)14)18-10(19)11(2,20)12(15,16)17/h4-5,20H,3H2,1-2H3,(H,18,19)/t11?,22-/m1/s1. The molecule has 2 atom stereocenters. The summed E-state index contributed by atoms with van der Waals surface area (Å²) in [6.45, 7) is 1.80. The molecule has 22 heavy (non-hydrogen) atoms. The van der Waals surface area contributed by atoms with E-state index >= 15 is 0 Å². The minimum Gasteiger partial charge on any atom is -0.373 e. The Morgan fingerprint density at radius 2 is 1.95 bits per heavy atom. The zero-order chi connectivity index (χ0) is 17.3. The fourth-order valence-electron chi connectivity index (χ4n) is 1.33. The van der Waals surface area contributed by atoms with Gasteiger partial charge in [0.2, 0.25) is 5.60 Å². The number of benzene rings is 1. The zero-order valence-electron chi connectivity index (χ0n) is 11.4. The molecule has 0 radical (unpaired) electrons. The van der Waals surface area contributed by atoms with E-state index in [-0.39, 0.29) is 17.6 Å². The lowest BCUT2D eigenvalue weighted by atomic mass is 10.1. The van der Waals surface area contributed by atoms with Gasteiger partial charge >= 0.3 is 6.18 Å². The number of hydrogen-bond donors (Lipinski definition) is 2. The predicted octanol–water partition coefficient (Wildman–Crippen LogP) is 2.86. The average molecular weight is 362 g/mol. The van der Waals surface area contributed by atoms with Crippen LogP contribution in [0.25, 0.3) is 0 Å². The average Bonchev–Trinajstić information content (AvgIpc) is 2.41. The molecule has 1 rings (SSSR count). The van der Waals surface area contributed by atoms with Gasteiger partial charge in [-0.25, -0.2) is 4.39 Å². The number of amides is 1. The Kier molecular flexibility index (Phi) is 5.58. The monoisotopic (exact) mass is 361 g/mol. The molecule has 2 N–H and O–H groups in total. The molecule has 0 fully saturated rings. The van der Waals surface area contributed by atoms with E-state index in [0.717, 1.165) is 12.1 Å². The van der Waals surface area contributed by atoms with E-state index < -0.39 is 45.0 Å². The van der Waals surface area contributed by atoms with Crippen LogP contribution in [0.1, 0.15) is 13.8 Å². The second kappa shape index (κ2) is 6.51. The van der Waals surface area contributed by atoms with Crippen LogP contribution in [-0.2, 0) is 15.6 Å². The van der Waals surface area contributed by atoms with Crippen LogP contribution in [0.15, 0.2) is 17.0 Å². The van der Waals surface area contributed by atoms with E-state index in [1.807, 2.05) is 0 Å². The number of carbonyl (C=O) groups is 1. The maximum Gasteiger partial charge on any atom is 0.426 e. The van der Waals surface area contributed by atoms with Crippen molar-refractivity contribution >= 4 is 34.0 Å². The molecule has 0 heterocycles. The number of anilines is 1.